The van der Waals surface area contributed by atoms with E-state index in [2.05, 4.69) is 15.1 Å². The Morgan fingerprint density at radius 1 is 1.22 bits per heavy atom. The highest BCUT2D eigenvalue weighted by molar-refractivity contribution is 7.89. The van der Waals surface area contributed by atoms with E-state index in [1.165, 1.54) is 4.31 Å². The van der Waals surface area contributed by atoms with Crippen molar-refractivity contribution in [2.75, 3.05) is 32.1 Å². The highest BCUT2D eigenvalue weighted by Gasteiger charge is 2.35. The van der Waals surface area contributed by atoms with E-state index in [0.717, 1.165) is 12.8 Å². The second kappa shape index (κ2) is 7.43. The summed E-state index contributed by atoms with van der Waals surface area (Å²) in [5.74, 6) is 1.04. The molecule has 0 unspecified atom stereocenters. The van der Waals surface area contributed by atoms with Gasteiger partial charge in [0.15, 0.2) is 5.82 Å². The van der Waals surface area contributed by atoms with Crippen molar-refractivity contribution < 1.29 is 13.2 Å². The predicted octanol–water partition coefficient (Wildman–Crippen LogP) is 1.13. The van der Waals surface area contributed by atoms with Gasteiger partial charge >= 0.3 is 0 Å². The van der Waals surface area contributed by atoms with Crippen molar-refractivity contribution in [1.82, 2.24) is 24.1 Å². The lowest BCUT2D eigenvalue weighted by Crippen LogP contribution is -2.44. The quantitative estimate of drug-likeness (QED) is 0.750. The van der Waals surface area contributed by atoms with Gasteiger partial charge in [-0.1, -0.05) is 0 Å². The number of aryl methyl sites for hydroxylation is 2. The zero-order valence-corrected chi connectivity index (χ0v) is 17.2. The summed E-state index contributed by atoms with van der Waals surface area (Å²) in [5, 5.41) is 4.25. The van der Waals surface area contributed by atoms with Crippen LogP contribution >= 0.6 is 0 Å². The van der Waals surface area contributed by atoms with Gasteiger partial charge < -0.3 is 9.64 Å². The molecule has 0 radical (unpaired) electrons. The molecule has 0 bridgehead atoms. The Kier molecular flexibility index (Phi) is 5.38. The zero-order valence-electron chi connectivity index (χ0n) is 16.4. The Morgan fingerprint density at radius 2 is 1.93 bits per heavy atom. The van der Waals surface area contributed by atoms with Gasteiger partial charge in [0.2, 0.25) is 10.0 Å². The van der Waals surface area contributed by atoms with E-state index in [1.54, 1.807) is 38.0 Å². The molecule has 148 valence electrons. The summed E-state index contributed by atoms with van der Waals surface area (Å²) in [6.07, 6.45) is 4.39. The van der Waals surface area contributed by atoms with Crippen LogP contribution in [0.15, 0.2) is 17.3 Å². The molecule has 3 rings (SSSR count). The van der Waals surface area contributed by atoms with Crippen molar-refractivity contribution in [2.24, 2.45) is 7.05 Å². The van der Waals surface area contributed by atoms with Crippen molar-refractivity contribution in [3.8, 4) is 5.88 Å². The molecule has 0 amide bonds. The molecule has 2 aromatic rings. The first-order valence-corrected chi connectivity index (χ1v) is 10.3. The first-order chi connectivity index (χ1) is 12.7. The lowest BCUT2D eigenvalue weighted by atomic mass is 10.1. The fourth-order valence-corrected chi connectivity index (χ4v) is 5.25. The minimum Gasteiger partial charge on any atom is -0.470 e. The molecule has 0 N–H and O–H groups in total. The Bertz CT molecular complexity index is 925. The fourth-order valence-electron chi connectivity index (χ4n) is 3.34. The normalized spacial score (nSPS) is 18.5. The van der Waals surface area contributed by atoms with Crippen LogP contribution in [0.1, 0.15) is 24.2 Å². The van der Waals surface area contributed by atoms with Gasteiger partial charge in [-0.3, -0.25) is 4.68 Å². The van der Waals surface area contributed by atoms with Crippen LogP contribution in [0.5, 0.6) is 5.88 Å². The smallest absolute Gasteiger partial charge is 0.257 e. The molecule has 3 heterocycles. The van der Waals surface area contributed by atoms with Crippen LogP contribution in [-0.2, 0) is 17.1 Å². The Labute approximate surface area is 160 Å². The van der Waals surface area contributed by atoms with Crippen molar-refractivity contribution in [3.05, 3.63) is 23.8 Å². The Balaban J connectivity index is 1.82. The van der Waals surface area contributed by atoms with Crippen LogP contribution in [-0.4, -0.2) is 65.8 Å². The third-order valence-corrected chi connectivity index (χ3v) is 6.85. The van der Waals surface area contributed by atoms with Crippen LogP contribution < -0.4 is 9.64 Å². The molecule has 1 fully saturated rings. The van der Waals surface area contributed by atoms with Crippen LogP contribution in [0.3, 0.4) is 0 Å². The number of piperidine rings is 1. The molecule has 2 aromatic heterocycles. The number of aromatic nitrogens is 4. The van der Waals surface area contributed by atoms with E-state index in [0.29, 0.717) is 34.5 Å². The topological polar surface area (TPSA) is 93.5 Å². The standard InChI is InChI=1S/C17H26N6O3S/c1-12-15(13(2)22(5)20-12)27(24,25)23-10-6-7-14(11-23)26-17-16(21(3)4)18-8-9-19-17/h8-9,14H,6-7,10-11H2,1-5H3/t14-/m1/s1. The number of rotatable bonds is 5. The summed E-state index contributed by atoms with van der Waals surface area (Å²) >= 11 is 0. The van der Waals surface area contributed by atoms with E-state index < -0.39 is 10.0 Å². The van der Waals surface area contributed by atoms with Crippen molar-refractivity contribution in [1.29, 1.82) is 0 Å². The van der Waals surface area contributed by atoms with Gasteiger partial charge in [-0.15, -0.1) is 0 Å². The van der Waals surface area contributed by atoms with Crippen molar-refractivity contribution in [2.45, 2.75) is 37.7 Å². The van der Waals surface area contributed by atoms with Crippen LogP contribution in [0.25, 0.3) is 0 Å². The van der Waals surface area contributed by atoms with Gasteiger partial charge in [0.25, 0.3) is 5.88 Å². The van der Waals surface area contributed by atoms with Crippen LogP contribution in [0, 0.1) is 13.8 Å². The minimum absolute atomic E-state index is 0.277. The maximum absolute atomic E-state index is 13.2. The number of hydrogen-bond acceptors (Lipinski definition) is 7. The van der Waals surface area contributed by atoms with Crippen molar-refractivity contribution >= 4 is 15.8 Å². The van der Waals surface area contributed by atoms with Crippen molar-refractivity contribution in [3.63, 3.8) is 0 Å². The minimum atomic E-state index is -3.63. The summed E-state index contributed by atoms with van der Waals surface area (Å²) < 4.78 is 35.5. The van der Waals surface area contributed by atoms with Gasteiger partial charge in [0.05, 0.1) is 17.9 Å². The van der Waals surface area contributed by atoms with E-state index in [4.69, 9.17) is 4.74 Å². The summed E-state index contributed by atoms with van der Waals surface area (Å²) in [4.78, 5) is 10.7. The second-order valence-corrected chi connectivity index (χ2v) is 8.82. The first kappa shape index (κ1) is 19.6. The SMILES string of the molecule is Cc1nn(C)c(C)c1S(=O)(=O)N1CCC[C@@H](Oc2nccnc2N(C)C)C1. The van der Waals surface area contributed by atoms with Gasteiger partial charge in [-0.2, -0.15) is 9.40 Å². The second-order valence-electron chi connectivity index (χ2n) is 6.95. The Morgan fingerprint density at radius 3 is 2.56 bits per heavy atom. The first-order valence-electron chi connectivity index (χ1n) is 8.87. The molecule has 10 heteroatoms. The number of nitrogens with zero attached hydrogens (tertiary/aromatic N) is 6. The number of sulfonamides is 1. The molecular weight excluding hydrogens is 368 g/mol. The highest BCUT2D eigenvalue weighted by Crippen LogP contribution is 2.28. The van der Waals surface area contributed by atoms with Gasteiger partial charge in [0, 0.05) is 40.1 Å². The number of hydrogen-bond donors (Lipinski definition) is 0. The summed E-state index contributed by atoms with van der Waals surface area (Å²) in [7, 11) is 1.85. The lowest BCUT2D eigenvalue weighted by molar-refractivity contribution is 0.125. The van der Waals surface area contributed by atoms with E-state index >= 15 is 0 Å². The summed E-state index contributed by atoms with van der Waals surface area (Å²) in [6, 6.07) is 0. The van der Waals surface area contributed by atoms with E-state index in [-0.39, 0.29) is 12.6 Å². The molecule has 0 aromatic carbocycles. The molecular formula is C17H26N6O3S. The van der Waals surface area contributed by atoms with E-state index in [1.807, 2.05) is 19.0 Å². The molecule has 0 aliphatic carbocycles. The predicted molar refractivity (Wildman–Crippen MR) is 101 cm³/mol. The largest absolute Gasteiger partial charge is 0.470 e. The summed E-state index contributed by atoms with van der Waals surface area (Å²) in [6.45, 7) is 4.24. The maximum Gasteiger partial charge on any atom is 0.257 e. The third-order valence-electron chi connectivity index (χ3n) is 4.73. The molecule has 0 spiro atoms. The van der Waals surface area contributed by atoms with Gasteiger partial charge in [-0.25, -0.2) is 18.4 Å². The molecule has 9 nitrogen and oxygen atoms in total. The molecule has 27 heavy (non-hydrogen) atoms. The lowest BCUT2D eigenvalue weighted by Gasteiger charge is -2.32. The molecule has 0 saturated carbocycles. The summed E-state index contributed by atoms with van der Waals surface area (Å²) in [5.41, 5.74) is 1.15. The Hall–Kier alpha value is -2.20. The van der Waals surface area contributed by atoms with E-state index in [9.17, 15) is 8.42 Å². The van der Waals surface area contributed by atoms with Crippen LogP contribution in [0.2, 0.25) is 0 Å². The average Bonchev–Trinajstić information content (AvgIpc) is 2.88. The number of ether oxygens (including phenoxy) is 1. The molecule has 1 saturated heterocycles. The highest BCUT2D eigenvalue weighted by atomic mass is 32.2. The molecule has 1 aliphatic rings. The van der Waals surface area contributed by atoms with Gasteiger partial charge in [0.1, 0.15) is 11.0 Å². The number of anilines is 1. The van der Waals surface area contributed by atoms with Crippen LogP contribution in [0.4, 0.5) is 5.82 Å². The molecule has 1 aliphatic heterocycles. The monoisotopic (exact) mass is 394 g/mol. The fraction of sp³-hybridized carbons (Fsp3) is 0.588. The molecule has 1 atom stereocenters. The maximum atomic E-state index is 13.2. The zero-order chi connectivity index (χ0) is 19.8. The average molecular weight is 395 g/mol. The van der Waals surface area contributed by atoms with Gasteiger partial charge in [-0.05, 0) is 26.7 Å². The third kappa shape index (κ3) is 3.77.